The number of benzene rings is 1. The highest BCUT2D eigenvalue weighted by Gasteiger charge is 2.15. The zero-order valence-corrected chi connectivity index (χ0v) is 14.9. The predicted octanol–water partition coefficient (Wildman–Crippen LogP) is 3.18. The van der Waals surface area contributed by atoms with Gasteiger partial charge in [0.1, 0.15) is 27.3 Å². The van der Waals surface area contributed by atoms with Crippen molar-refractivity contribution in [2.45, 2.75) is 5.03 Å². The first-order chi connectivity index (χ1) is 11.9. The van der Waals surface area contributed by atoms with Crippen molar-refractivity contribution < 1.29 is 4.74 Å². The Morgan fingerprint density at radius 2 is 1.96 bits per heavy atom. The zero-order valence-electron chi connectivity index (χ0n) is 13.2. The van der Waals surface area contributed by atoms with Crippen LogP contribution in [0.2, 0.25) is 0 Å². The maximum atomic E-state index is 5.39. The van der Waals surface area contributed by atoms with E-state index >= 15 is 0 Å². The summed E-state index contributed by atoms with van der Waals surface area (Å²) >= 11 is 3.28. The lowest BCUT2D eigenvalue weighted by molar-refractivity contribution is 0.0410. The fraction of sp³-hybridized carbons (Fsp3) is 0.353. The minimum absolute atomic E-state index is 0.845. The van der Waals surface area contributed by atoms with Crippen LogP contribution in [0.25, 0.3) is 21.5 Å². The van der Waals surface area contributed by atoms with E-state index in [0.29, 0.717) is 0 Å². The SMILES string of the molecule is c1ccc(-c2nsc3c(SCCN4CCOCC4)ncnc23)cc1. The molecule has 0 spiro atoms. The Hall–Kier alpha value is -1.54. The molecule has 3 aromatic rings. The number of hydrogen-bond donors (Lipinski definition) is 0. The van der Waals surface area contributed by atoms with E-state index in [1.165, 1.54) is 11.5 Å². The van der Waals surface area contributed by atoms with Gasteiger partial charge >= 0.3 is 0 Å². The van der Waals surface area contributed by atoms with Gasteiger partial charge in [-0.3, -0.25) is 4.90 Å². The molecule has 1 aromatic carbocycles. The van der Waals surface area contributed by atoms with Gasteiger partial charge in [-0.25, -0.2) is 9.97 Å². The molecule has 5 nitrogen and oxygen atoms in total. The lowest BCUT2D eigenvalue weighted by Crippen LogP contribution is -2.37. The number of thioether (sulfide) groups is 1. The van der Waals surface area contributed by atoms with Crippen molar-refractivity contribution in [2.24, 2.45) is 0 Å². The van der Waals surface area contributed by atoms with E-state index in [1.54, 1.807) is 18.1 Å². The van der Waals surface area contributed by atoms with E-state index in [4.69, 9.17) is 4.74 Å². The summed E-state index contributed by atoms with van der Waals surface area (Å²) in [7, 11) is 0. The maximum Gasteiger partial charge on any atom is 0.119 e. The number of fused-ring (bicyclic) bond motifs is 1. The monoisotopic (exact) mass is 358 g/mol. The minimum atomic E-state index is 0.845. The second kappa shape index (κ2) is 7.57. The van der Waals surface area contributed by atoms with Crippen LogP contribution in [0.15, 0.2) is 41.7 Å². The van der Waals surface area contributed by atoms with Crippen molar-refractivity contribution in [1.82, 2.24) is 19.2 Å². The van der Waals surface area contributed by atoms with Crippen molar-refractivity contribution in [2.75, 3.05) is 38.6 Å². The average Bonchev–Trinajstić information content (AvgIpc) is 3.08. The Morgan fingerprint density at radius 3 is 2.79 bits per heavy atom. The summed E-state index contributed by atoms with van der Waals surface area (Å²) in [6.45, 7) is 4.80. The Kier molecular flexibility index (Phi) is 5.03. The van der Waals surface area contributed by atoms with Gasteiger partial charge in [-0.15, -0.1) is 11.8 Å². The first-order valence-electron chi connectivity index (χ1n) is 8.00. The molecule has 1 aliphatic heterocycles. The normalized spacial score (nSPS) is 15.8. The first-order valence-corrected chi connectivity index (χ1v) is 9.76. The molecule has 0 N–H and O–H groups in total. The van der Waals surface area contributed by atoms with Gasteiger partial charge in [0.2, 0.25) is 0 Å². The van der Waals surface area contributed by atoms with Crippen LogP contribution in [-0.4, -0.2) is 57.8 Å². The Balaban J connectivity index is 1.51. The number of aromatic nitrogens is 3. The standard InChI is InChI=1S/C17H18N4OS2/c1-2-4-13(5-3-1)14-15-16(24-20-14)17(19-12-18-15)23-11-8-21-6-9-22-10-7-21/h1-5,12H,6-11H2. The van der Waals surface area contributed by atoms with Crippen molar-refractivity contribution in [3.8, 4) is 11.3 Å². The Morgan fingerprint density at radius 1 is 1.12 bits per heavy atom. The Bertz CT molecular complexity index is 803. The molecule has 1 aliphatic rings. The van der Waals surface area contributed by atoms with E-state index in [1.807, 2.05) is 18.2 Å². The molecule has 0 bridgehead atoms. The molecule has 4 rings (SSSR count). The highest BCUT2D eigenvalue weighted by molar-refractivity contribution is 7.99. The van der Waals surface area contributed by atoms with E-state index < -0.39 is 0 Å². The van der Waals surface area contributed by atoms with Crippen molar-refractivity contribution in [3.63, 3.8) is 0 Å². The van der Waals surface area contributed by atoms with E-state index in [2.05, 4.69) is 31.4 Å². The summed E-state index contributed by atoms with van der Waals surface area (Å²) in [5.41, 5.74) is 3.01. The van der Waals surface area contributed by atoms with Gasteiger partial charge < -0.3 is 4.74 Å². The Labute approximate surface area is 149 Å². The molecular weight excluding hydrogens is 340 g/mol. The topological polar surface area (TPSA) is 51.1 Å². The summed E-state index contributed by atoms with van der Waals surface area (Å²) in [6.07, 6.45) is 1.65. The van der Waals surface area contributed by atoms with Crippen LogP contribution in [0.5, 0.6) is 0 Å². The highest BCUT2D eigenvalue weighted by atomic mass is 32.2. The smallest absolute Gasteiger partial charge is 0.119 e. The van der Waals surface area contributed by atoms with Gasteiger partial charge in [-0.1, -0.05) is 30.3 Å². The van der Waals surface area contributed by atoms with Gasteiger partial charge in [0.05, 0.1) is 13.2 Å². The molecule has 0 unspecified atom stereocenters. The van der Waals surface area contributed by atoms with Gasteiger partial charge in [-0.05, 0) is 11.5 Å². The van der Waals surface area contributed by atoms with Crippen LogP contribution >= 0.6 is 23.3 Å². The van der Waals surface area contributed by atoms with Crippen molar-refractivity contribution >= 4 is 33.5 Å². The van der Waals surface area contributed by atoms with Crippen LogP contribution in [-0.2, 0) is 4.74 Å². The molecule has 0 aliphatic carbocycles. The second-order valence-electron chi connectivity index (χ2n) is 5.56. The molecule has 0 saturated carbocycles. The van der Waals surface area contributed by atoms with Crippen LogP contribution < -0.4 is 0 Å². The van der Waals surface area contributed by atoms with Crippen LogP contribution in [0.4, 0.5) is 0 Å². The van der Waals surface area contributed by atoms with Crippen LogP contribution in [0, 0.1) is 0 Å². The van der Waals surface area contributed by atoms with Gasteiger partial charge in [0.25, 0.3) is 0 Å². The van der Waals surface area contributed by atoms with Crippen LogP contribution in [0.3, 0.4) is 0 Å². The lowest BCUT2D eigenvalue weighted by atomic mass is 10.1. The first kappa shape index (κ1) is 16.0. The highest BCUT2D eigenvalue weighted by Crippen LogP contribution is 2.34. The third-order valence-corrected chi connectivity index (χ3v) is 5.96. The molecule has 0 radical (unpaired) electrons. The number of hydrogen-bond acceptors (Lipinski definition) is 7. The second-order valence-corrected chi connectivity index (χ2v) is 7.41. The summed E-state index contributed by atoms with van der Waals surface area (Å²) in [6, 6.07) is 10.2. The van der Waals surface area contributed by atoms with Crippen LogP contribution in [0.1, 0.15) is 0 Å². The quantitative estimate of drug-likeness (QED) is 0.516. The lowest BCUT2D eigenvalue weighted by Gasteiger charge is -2.26. The van der Waals surface area contributed by atoms with Gasteiger partial charge in [0, 0.05) is 31.0 Å². The third kappa shape index (κ3) is 3.44. The molecular formula is C17H18N4OS2. The fourth-order valence-electron chi connectivity index (χ4n) is 2.73. The molecule has 1 saturated heterocycles. The number of rotatable bonds is 5. The van der Waals surface area contributed by atoms with Crippen molar-refractivity contribution in [1.29, 1.82) is 0 Å². The molecule has 24 heavy (non-hydrogen) atoms. The molecule has 7 heteroatoms. The van der Waals surface area contributed by atoms with Gasteiger partial charge in [-0.2, -0.15) is 4.37 Å². The third-order valence-electron chi connectivity index (χ3n) is 4.02. The minimum Gasteiger partial charge on any atom is -0.379 e. The van der Waals surface area contributed by atoms with E-state index in [0.717, 1.165) is 65.1 Å². The fourth-order valence-corrected chi connectivity index (χ4v) is 4.65. The maximum absolute atomic E-state index is 5.39. The summed E-state index contributed by atoms with van der Waals surface area (Å²) < 4.78 is 11.1. The number of ether oxygens (including phenoxy) is 1. The summed E-state index contributed by atoms with van der Waals surface area (Å²) in [5.74, 6) is 1.02. The van der Waals surface area contributed by atoms with Gasteiger partial charge in [0.15, 0.2) is 0 Å². The van der Waals surface area contributed by atoms with E-state index in [9.17, 15) is 0 Å². The number of morpholine rings is 1. The largest absolute Gasteiger partial charge is 0.379 e. The average molecular weight is 358 g/mol. The molecule has 3 heterocycles. The molecule has 0 atom stereocenters. The summed E-state index contributed by atoms with van der Waals surface area (Å²) in [5, 5.41) is 1.04. The number of nitrogens with zero attached hydrogens (tertiary/aromatic N) is 4. The van der Waals surface area contributed by atoms with E-state index in [-0.39, 0.29) is 0 Å². The van der Waals surface area contributed by atoms with Crippen molar-refractivity contribution in [3.05, 3.63) is 36.7 Å². The molecule has 2 aromatic heterocycles. The molecule has 0 amide bonds. The zero-order chi connectivity index (χ0) is 16.2. The molecule has 124 valence electrons. The molecule has 1 fully saturated rings. The predicted molar refractivity (Wildman–Crippen MR) is 98.6 cm³/mol. The summed E-state index contributed by atoms with van der Waals surface area (Å²) in [4.78, 5) is 11.4.